The molecule has 1 atom stereocenters. The summed E-state index contributed by atoms with van der Waals surface area (Å²) in [4.78, 5) is 4.01. The maximum absolute atomic E-state index is 6.17. The molecule has 0 spiro atoms. The van der Waals surface area contributed by atoms with Crippen LogP contribution in [0.1, 0.15) is 24.1 Å². The minimum Gasteiger partial charge on any atom is -0.310 e. The Morgan fingerprint density at radius 3 is 2.79 bits per heavy atom. The molecule has 1 heterocycles. The van der Waals surface area contributed by atoms with Crippen LogP contribution >= 0.6 is 23.2 Å². The van der Waals surface area contributed by atoms with E-state index in [2.05, 4.69) is 23.3 Å². The van der Waals surface area contributed by atoms with Crippen LogP contribution in [0.25, 0.3) is 0 Å². The molecule has 19 heavy (non-hydrogen) atoms. The molecule has 0 amide bonds. The summed E-state index contributed by atoms with van der Waals surface area (Å²) in [6.07, 6.45) is 4.26. The van der Waals surface area contributed by atoms with E-state index in [4.69, 9.17) is 23.2 Å². The normalized spacial score (nSPS) is 12.4. The Morgan fingerprint density at radius 2 is 2.11 bits per heavy atom. The highest BCUT2D eigenvalue weighted by Crippen LogP contribution is 2.24. The van der Waals surface area contributed by atoms with Crippen molar-refractivity contribution in [2.45, 2.75) is 19.4 Å². The Kier molecular flexibility index (Phi) is 5.20. The van der Waals surface area contributed by atoms with Crippen molar-refractivity contribution in [3.8, 4) is 0 Å². The van der Waals surface area contributed by atoms with Crippen LogP contribution in [0, 0.1) is 0 Å². The lowest BCUT2D eigenvalue weighted by Crippen LogP contribution is -2.23. The first kappa shape index (κ1) is 14.3. The molecule has 2 nitrogen and oxygen atoms in total. The quantitative estimate of drug-likeness (QED) is 0.890. The number of aromatic nitrogens is 1. The van der Waals surface area contributed by atoms with Crippen molar-refractivity contribution in [3.63, 3.8) is 0 Å². The molecule has 1 unspecified atom stereocenters. The lowest BCUT2D eigenvalue weighted by atomic mass is 9.99. The molecule has 2 aromatic rings. The molecule has 4 heteroatoms. The zero-order chi connectivity index (χ0) is 13.7. The lowest BCUT2D eigenvalue weighted by Gasteiger charge is -2.19. The first-order valence-electron chi connectivity index (χ1n) is 6.28. The first-order valence-corrected chi connectivity index (χ1v) is 7.03. The summed E-state index contributed by atoms with van der Waals surface area (Å²) in [5, 5.41) is 4.92. The molecule has 1 aromatic carbocycles. The lowest BCUT2D eigenvalue weighted by molar-refractivity contribution is 0.550. The molecular weight excluding hydrogens is 279 g/mol. The Balaban J connectivity index is 2.24. The highest BCUT2D eigenvalue weighted by Gasteiger charge is 2.13. The van der Waals surface area contributed by atoms with E-state index in [0.29, 0.717) is 5.02 Å². The van der Waals surface area contributed by atoms with E-state index in [0.717, 1.165) is 23.6 Å². The fourth-order valence-corrected chi connectivity index (χ4v) is 2.46. The van der Waals surface area contributed by atoms with Crippen molar-refractivity contribution in [2.24, 2.45) is 0 Å². The van der Waals surface area contributed by atoms with Gasteiger partial charge >= 0.3 is 0 Å². The second kappa shape index (κ2) is 6.90. The molecule has 1 N–H and O–H groups in total. The van der Waals surface area contributed by atoms with Gasteiger partial charge in [-0.15, -0.1) is 0 Å². The number of halogens is 2. The van der Waals surface area contributed by atoms with Crippen molar-refractivity contribution in [1.29, 1.82) is 0 Å². The molecule has 0 saturated heterocycles. The monoisotopic (exact) mass is 294 g/mol. The predicted molar refractivity (Wildman–Crippen MR) is 80.8 cm³/mol. The third-order valence-electron chi connectivity index (χ3n) is 2.98. The van der Waals surface area contributed by atoms with Crippen LogP contribution in [0.3, 0.4) is 0 Å². The first-order chi connectivity index (χ1) is 9.20. The van der Waals surface area contributed by atoms with E-state index in [1.54, 1.807) is 12.4 Å². The van der Waals surface area contributed by atoms with Crippen LogP contribution in [-0.4, -0.2) is 11.5 Å². The molecular formula is C15H16Cl2N2. The molecule has 0 radical (unpaired) electrons. The van der Waals surface area contributed by atoms with Crippen LogP contribution in [-0.2, 0) is 6.42 Å². The molecule has 1 aromatic heterocycles. The van der Waals surface area contributed by atoms with Gasteiger partial charge in [0.1, 0.15) is 0 Å². The summed E-state index contributed by atoms with van der Waals surface area (Å²) in [5.41, 5.74) is 2.25. The van der Waals surface area contributed by atoms with Crippen molar-refractivity contribution >= 4 is 23.2 Å². The van der Waals surface area contributed by atoms with Gasteiger partial charge in [0, 0.05) is 23.5 Å². The minimum atomic E-state index is 0.198. The molecule has 0 aliphatic carbocycles. The number of likely N-dealkylation sites (N-methyl/N-ethyl adjacent to an activating group) is 1. The Morgan fingerprint density at radius 1 is 1.26 bits per heavy atom. The van der Waals surface area contributed by atoms with Crippen molar-refractivity contribution in [2.75, 3.05) is 6.54 Å². The van der Waals surface area contributed by atoms with Crippen LogP contribution < -0.4 is 5.32 Å². The van der Waals surface area contributed by atoms with Gasteiger partial charge in [0.2, 0.25) is 0 Å². The number of pyridine rings is 1. The number of nitrogens with one attached hydrogen (secondary N) is 1. The molecule has 0 aliphatic rings. The summed E-state index contributed by atoms with van der Waals surface area (Å²) in [6, 6.07) is 10.1. The molecule has 0 saturated carbocycles. The second-order valence-electron chi connectivity index (χ2n) is 4.34. The molecule has 100 valence electrons. The van der Waals surface area contributed by atoms with E-state index >= 15 is 0 Å². The largest absolute Gasteiger partial charge is 0.310 e. The fourth-order valence-electron chi connectivity index (χ4n) is 2.07. The maximum atomic E-state index is 6.17. The number of hydrogen-bond donors (Lipinski definition) is 1. The Hall–Kier alpha value is -1.09. The maximum Gasteiger partial charge on any atom is 0.0622 e. The number of benzene rings is 1. The Labute approximate surface area is 123 Å². The zero-order valence-electron chi connectivity index (χ0n) is 10.7. The summed E-state index contributed by atoms with van der Waals surface area (Å²) in [6.45, 7) is 2.98. The molecule has 0 bridgehead atoms. The summed E-state index contributed by atoms with van der Waals surface area (Å²) >= 11 is 12.2. The van der Waals surface area contributed by atoms with Crippen molar-refractivity contribution < 1.29 is 0 Å². The van der Waals surface area contributed by atoms with Gasteiger partial charge in [-0.05, 0) is 42.3 Å². The van der Waals surface area contributed by atoms with Crippen molar-refractivity contribution in [3.05, 3.63) is 63.9 Å². The van der Waals surface area contributed by atoms with E-state index < -0.39 is 0 Å². The SMILES string of the molecule is CCNC(Cc1ccncc1Cl)c1cccc(Cl)c1. The van der Waals surface area contributed by atoms with E-state index in [1.165, 1.54) is 5.56 Å². The highest BCUT2D eigenvalue weighted by molar-refractivity contribution is 6.31. The van der Waals surface area contributed by atoms with Crippen LogP contribution in [0.15, 0.2) is 42.7 Å². The average molecular weight is 295 g/mol. The van der Waals surface area contributed by atoms with Crippen LogP contribution in [0.2, 0.25) is 10.0 Å². The van der Waals surface area contributed by atoms with E-state index in [9.17, 15) is 0 Å². The summed E-state index contributed by atoms with van der Waals surface area (Å²) in [7, 11) is 0. The second-order valence-corrected chi connectivity index (χ2v) is 5.18. The van der Waals surface area contributed by atoms with Gasteiger partial charge in [-0.1, -0.05) is 42.3 Å². The van der Waals surface area contributed by atoms with Gasteiger partial charge < -0.3 is 5.32 Å². The van der Waals surface area contributed by atoms with Gasteiger partial charge in [0.15, 0.2) is 0 Å². The van der Waals surface area contributed by atoms with Gasteiger partial charge in [0.05, 0.1) is 5.02 Å². The highest BCUT2D eigenvalue weighted by atomic mass is 35.5. The van der Waals surface area contributed by atoms with Gasteiger partial charge in [-0.3, -0.25) is 4.98 Å². The average Bonchev–Trinajstić information content (AvgIpc) is 2.40. The topological polar surface area (TPSA) is 24.9 Å². The van der Waals surface area contributed by atoms with Gasteiger partial charge in [-0.25, -0.2) is 0 Å². The number of rotatable bonds is 5. The van der Waals surface area contributed by atoms with Gasteiger partial charge in [0.25, 0.3) is 0 Å². The third-order valence-corrected chi connectivity index (χ3v) is 3.56. The minimum absolute atomic E-state index is 0.198. The Bertz CT molecular complexity index is 543. The summed E-state index contributed by atoms with van der Waals surface area (Å²) in [5.74, 6) is 0. The fraction of sp³-hybridized carbons (Fsp3) is 0.267. The zero-order valence-corrected chi connectivity index (χ0v) is 12.2. The smallest absolute Gasteiger partial charge is 0.0622 e. The van der Waals surface area contributed by atoms with Crippen molar-refractivity contribution in [1.82, 2.24) is 10.3 Å². The molecule has 0 aliphatic heterocycles. The van der Waals surface area contributed by atoms with E-state index in [-0.39, 0.29) is 6.04 Å². The predicted octanol–water partition coefficient (Wildman–Crippen LogP) is 4.28. The van der Waals surface area contributed by atoms with E-state index in [1.807, 2.05) is 24.3 Å². The van der Waals surface area contributed by atoms with Crippen LogP contribution in [0.5, 0.6) is 0 Å². The number of nitrogens with zero attached hydrogens (tertiary/aromatic N) is 1. The molecule has 2 rings (SSSR count). The van der Waals surface area contributed by atoms with Crippen LogP contribution in [0.4, 0.5) is 0 Å². The van der Waals surface area contributed by atoms with Gasteiger partial charge in [-0.2, -0.15) is 0 Å². The number of hydrogen-bond acceptors (Lipinski definition) is 2. The summed E-state index contributed by atoms with van der Waals surface area (Å²) < 4.78 is 0. The molecule has 0 fully saturated rings. The standard InChI is InChI=1S/C15H16Cl2N2/c1-2-19-15(12-4-3-5-13(16)8-12)9-11-6-7-18-10-14(11)17/h3-8,10,15,19H,2,9H2,1H3. The third kappa shape index (κ3) is 3.93.